The average Bonchev–Trinajstić information content (AvgIpc) is 3.19. The van der Waals surface area contributed by atoms with E-state index in [-0.39, 0.29) is 16.8 Å². The molecule has 144 valence electrons. The van der Waals surface area contributed by atoms with Crippen molar-refractivity contribution < 1.29 is 17.9 Å². The Morgan fingerprint density at radius 3 is 2.22 bits per heavy atom. The Balaban J connectivity index is 1.75. The van der Waals surface area contributed by atoms with E-state index >= 15 is 0 Å². The number of hydrogen-bond donors (Lipinski definition) is 0. The van der Waals surface area contributed by atoms with Gasteiger partial charge in [-0.3, -0.25) is 9.10 Å². The van der Waals surface area contributed by atoms with Crippen molar-refractivity contribution in [1.82, 2.24) is 0 Å². The average molecular weight is 388 g/mol. The Hall–Kier alpha value is -2.34. The number of anilines is 1. The first-order valence-corrected chi connectivity index (χ1v) is 10.6. The fourth-order valence-electron chi connectivity index (χ4n) is 3.26. The highest BCUT2D eigenvalue weighted by atomic mass is 32.2. The van der Waals surface area contributed by atoms with Gasteiger partial charge in [0.1, 0.15) is 5.75 Å². The molecular formula is C21H25NO4S. The summed E-state index contributed by atoms with van der Waals surface area (Å²) in [6.07, 6.45) is 3.90. The van der Waals surface area contributed by atoms with Crippen LogP contribution in [0.15, 0.2) is 47.4 Å². The fraction of sp³-hybridized carbons (Fsp3) is 0.381. The van der Waals surface area contributed by atoms with Gasteiger partial charge in [-0.05, 0) is 74.2 Å². The van der Waals surface area contributed by atoms with Crippen molar-refractivity contribution in [3.05, 3.63) is 53.6 Å². The van der Waals surface area contributed by atoms with E-state index in [1.807, 2.05) is 19.9 Å². The number of carbonyl (C=O) groups excluding carboxylic acids is 1. The summed E-state index contributed by atoms with van der Waals surface area (Å²) in [6.45, 7) is 3.84. The lowest BCUT2D eigenvalue weighted by molar-refractivity contribution is -0.138. The molecule has 0 atom stereocenters. The second kappa shape index (κ2) is 7.72. The molecular weight excluding hydrogens is 362 g/mol. The minimum absolute atomic E-state index is 0.0162. The van der Waals surface area contributed by atoms with Crippen molar-refractivity contribution >= 4 is 21.7 Å². The zero-order chi connectivity index (χ0) is 19.6. The van der Waals surface area contributed by atoms with Gasteiger partial charge in [-0.2, -0.15) is 0 Å². The van der Waals surface area contributed by atoms with E-state index in [1.165, 1.54) is 11.4 Å². The van der Waals surface area contributed by atoms with E-state index in [2.05, 4.69) is 0 Å². The standard InChI is InChI=1S/C21H25NO4S/c1-15-8-13-20(14-16(15)2)27(24,25)22(3)18-9-11-19(12-10-18)26-21(23)17-6-4-5-7-17/h8-14,17H,4-7H2,1-3H3. The third kappa shape index (κ3) is 4.16. The Bertz CT molecular complexity index is 929. The number of nitrogens with zero attached hydrogens (tertiary/aromatic N) is 1. The van der Waals surface area contributed by atoms with Crippen molar-refractivity contribution in [1.29, 1.82) is 0 Å². The summed E-state index contributed by atoms with van der Waals surface area (Å²) < 4.78 is 32.4. The van der Waals surface area contributed by atoms with E-state index in [9.17, 15) is 13.2 Å². The Labute approximate surface area is 161 Å². The summed E-state index contributed by atoms with van der Waals surface area (Å²) >= 11 is 0. The van der Waals surface area contributed by atoms with Gasteiger partial charge >= 0.3 is 5.97 Å². The number of esters is 1. The predicted molar refractivity (Wildman–Crippen MR) is 106 cm³/mol. The molecule has 0 saturated heterocycles. The summed E-state index contributed by atoms with van der Waals surface area (Å²) in [5.74, 6) is 0.224. The SMILES string of the molecule is Cc1ccc(S(=O)(=O)N(C)c2ccc(OC(=O)C3CCCC3)cc2)cc1C. The van der Waals surface area contributed by atoms with Crippen LogP contribution in [0.4, 0.5) is 5.69 Å². The molecule has 1 saturated carbocycles. The molecule has 0 amide bonds. The maximum Gasteiger partial charge on any atom is 0.314 e. The Morgan fingerprint density at radius 2 is 1.63 bits per heavy atom. The van der Waals surface area contributed by atoms with Crippen molar-refractivity contribution in [2.24, 2.45) is 5.92 Å². The van der Waals surface area contributed by atoms with Gasteiger partial charge in [0, 0.05) is 7.05 Å². The van der Waals surface area contributed by atoms with Gasteiger partial charge in [0.2, 0.25) is 0 Å². The van der Waals surface area contributed by atoms with E-state index < -0.39 is 10.0 Å². The first-order chi connectivity index (χ1) is 12.8. The zero-order valence-corrected chi connectivity index (χ0v) is 16.8. The minimum Gasteiger partial charge on any atom is -0.426 e. The lowest BCUT2D eigenvalue weighted by Crippen LogP contribution is -2.26. The second-order valence-corrected chi connectivity index (χ2v) is 9.08. The molecule has 2 aromatic rings. The van der Waals surface area contributed by atoms with Crippen LogP contribution in [-0.2, 0) is 14.8 Å². The molecule has 2 aromatic carbocycles. The maximum atomic E-state index is 12.9. The lowest BCUT2D eigenvalue weighted by atomic mass is 10.1. The first-order valence-electron chi connectivity index (χ1n) is 9.17. The maximum absolute atomic E-state index is 12.9. The highest BCUT2D eigenvalue weighted by Crippen LogP contribution is 2.28. The highest BCUT2D eigenvalue weighted by Gasteiger charge is 2.25. The number of sulfonamides is 1. The summed E-state index contributed by atoms with van der Waals surface area (Å²) in [4.78, 5) is 12.4. The molecule has 3 rings (SSSR count). The smallest absolute Gasteiger partial charge is 0.314 e. The Kier molecular flexibility index (Phi) is 5.56. The minimum atomic E-state index is -3.65. The molecule has 0 N–H and O–H groups in total. The third-order valence-electron chi connectivity index (χ3n) is 5.24. The van der Waals surface area contributed by atoms with Crippen molar-refractivity contribution in [3.8, 4) is 5.75 Å². The van der Waals surface area contributed by atoms with E-state index in [0.29, 0.717) is 11.4 Å². The highest BCUT2D eigenvalue weighted by molar-refractivity contribution is 7.92. The number of carbonyl (C=O) groups is 1. The molecule has 1 aliphatic rings. The van der Waals surface area contributed by atoms with Crippen LogP contribution in [0.5, 0.6) is 5.75 Å². The Morgan fingerprint density at radius 1 is 1.00 bits per heavy atom. The number of aryl methyl sites for hydroxylation is 2. The predicted octanol–water partition coefficient (Wildman–Crippen LogP) is 4.22. The summed E-state index contributed by atoms with van der Waals surface area (Å²) in [5, 5.41) is 0. The molecule has 0 unspecified atom stereocenters. The van der Waals surface area contributed by atoms with Crippen LogP contribution in [0.25, 0.3) is 0 Å². The molecule has 1 fully saturated rings. The normalized spacial score (nSPS) is 14.9. The lowest BCUT2D eigenvalue weighted by Gasteiger charge is -2.20. The quantitative estimate of drug-likeness (QED) is 0.569. The molecule has 0 aliphatic heterocycles. The van der Waals surface area contributed by atoms with Crippen molar-refractivity contribution in [3.63, 3.8) is 0 Å². The molecule has 1 aliphatic carbocycles. The molecule has 5 nitrogen and oxygen atoms in total. The third-order valence-corrected chi connectivity index (χ3v) is 7.03. The van der Waals surface area contributed by atoms with Gasteiger partial charge in [0.15, 0.2) is 0 Å². The van der Waals surface area contributed by atoms with Gasteiger partial charge in [-0.25, -0.2) is 8.42 Å². The number of rotatable bonds is 5. The van der Waals surface area contributed by atoms with Crippen LogP contribution >= 0.6 is 0 Å². The van der Waals surface area contributed by atoms with Crippen LogP contribution < -0.4 is 9.04 Å². The van der Waals surface area contributed by atoms with Gasteiger partial charge in [0.05, 0.1) is 16.5 Å². The number of hydrogen-bond acceptors (Lipinski definition) is 4. The molecule has 0 aromatic heterocycles. The van der Waals surface area contributed by atoms with Crippen molar-refractivity contribution in [2.45, 2.75) is 44.4 Å². The van der Waals surface area contributed by atoms with Gasteiger partial charge in [-0.1, -0.05) is 18.9 Å². The molecule has 0 radical (unpaired) electrons. The van der Waals surface area contributed by atoms with E-state index in [1.54, 1.807) is 36.4 Å². The largest absolute Gasteiger partial charge is 0.426 e. The van der Waals surface area contributed by atoms with Gasteiger partial charge in [0.25, 0.3) is 10.0 Å². The molecule has 6 heteroatoms. The topological polar surface area (TPSA) is 63.7 Å². The summed E-state index contributed by atoms with van der Waals surface area (Å²) in [6, 6.07) is 11.7. The van der Waals surface area contributed by atoms with Crippen LogP contribution in [0.2, 0.25) is 0 Å². The fourth-order valence-corrected chi connectivity index (χ4v) is 4.54. The first kappa shape index (κ1) is 19.4. The molecule has 0 bridgehead atoms. The van der Waals surface area contributed by atoms with Crippen molar-refractivity contribution in [2.75, 3.05) is 11.4 Å². The van der Waals surface area contributed by atoms with Gasteiger partial charge in [-0.15, -0.1) is 0 Å². The number of benzene rings is 2. The van der Waals surface area contributed by atoms with E-state index in [0.717, 1.165) is 36.8 Å². The van der Waals surface area contributed by atoms with Gasteiger partial charge < -0.3 is 4.74 Å². The van der Waals surface area contributed by atoms with Crippen LogP contribution in [0.3, 0.4) is 0 Å². The molecule has 0 heterocycles. The summed E-state index contributed by atoms with van der Waals surface area (Å²) in [5.41, 5.74) is 2.48. The summed E-state index contributed by atoms with van der Waals surface area (Å²) in [7, 11) is -2.14. The van der Waals surface area contributed by atoms with Crippen LogP contribution in [-0.4, -0.2) is 21.4 Å². The van der Waals surface area contributed by atoms with Crippen LogP contribution in [0.1, 0.15) is 36.8 Å². The second-order valence-electron chi connectivity index (χ2n) is 7.11. The van der Waals surface area contributed by atoms with E-state index in [4.69, 9.17) is 4.74 Å². The zero-order valence-electron chi connectivity index (χ0n) is 15.9. The monoisotopic (exact) mass is 387 g/mol. The number of ether oxygens (including phenoxy) is 1. The van der Waals surface area contributed by atoms with Crippen LogP contribution in [0, 0.1) is 19.8 Å². The molecule has 27 heavy (non-hydrogen) atoms. The molecule has 0 spiro atoms.